The van der Waals surface area contributed by atoms with Crippen LogP contribution in [0.2, 0.25) is 0 Å². The summed E-state index contributed by atoms with van der Waals surface area (Å²) in [6, 6.07) is 1.76. The Balaban J connectivity index is 2.41. The number of carbonyl (C=O) groups is 2. The fraction of sp³-hybridized carbons (Fsp3) is 0.400. The molecule has 6 heteroatoms. The van der Waals surface area contributed by atoms with E-state index in [9.17, 15) is 9.59 Å². The van der Waals surface area contributed by atoms with Crippen LogP contribution >= 0.6 is 0 Å². The van der Waals surface area contributed by atoms with Gasteiger partial charge in [0.2, 0.25) is 0 Å². The van der Waals surface area contributed by atoms with Gasteiger partial charge in [0.15, 0.2) is 12.0 Å². The molecule has 0 N–H and O–H groups in total. The van der Waals surface area contributed by atoms with Crippen LogP contribution in [-0.4, -0.2) is 29.1 Å². The Hall–Kier alpha value is -2.37. The predicted octanol–water partition coefficient (Wildman–Crippen LogP) is 3.10. The van der Waals surface area contributed by atoms with E-state index in [1.807, 2.05) is 0 Å². The van der Waals surface area contributed by atoms with Gasteiger partial charge in [0.25, 0.3) is 0 Å². The second-order valence-corrected chi connectivity index (χ2v) is 4.69. The number of hydrogen-bond acceptors (Lipinski definition) is 5. The van der Waals surface area contributed by atoms with E-state index >= 15 is 0 Å². The fourth-order valence-electron chi connectivity index (χ4n) is 2.22. The molecule has 0 bridgehead atoms. The first-order chi connectivity index (χ1) is 10.1. The van der Waals surface area contributed by atoms with Crippen molar-refractivity contribution in [3.63, 3.8) is 0 Å². The Kier molecular flexibility index (Phi) is 4.57. The van der Waals surface area contributed by atoms with Gasteiger partial charge in [0.05, 0.1) is 24.3 Å². The summed E-state index contributed by atoms with van der Waals surface area (Å²) >= 11 is 0. The molecule has 0 saturated carbocycles. The maximum absolute atomic E-state index is 11.4. The Morgan fingerprint density at radius 3 is 2.76 bits per heavy atom. The molecule has 2 rings (SSSR count). The number of carbonyl (C=O) groups excluding carboxylic acids is 2. The lowest BCUT2D eigenvalue weighted by Gasteiger charge is -2.12. The fourth-order valence-corrected chi connectivity index (χ4v) is 2.22. The van der Waals surface area contributed by atoms with E-state index in [0.29, 0.717) is 22.6 Å². The summed E-state index contributed by atoms with van der Waals surface area (Å²) in [5.74, 6) is -0.112. The zero-order valence-corrected chi connectivity index (χ0v) is 12.3. The number of methoxy groups -OCH3 is 1. The second kappa shape index (κ2) is 6.39. The van der Waals surface area contributed by atoms with E-state index in [0.717, 1.165) is 19.1 Å². The molecule has 6 nitrogen and oxygen atoms in total. The van der Waals surface area contributed by atoms with E-state index in [4.69, 9.17) is 4.42 Å². The summed E-state index contributed by atoms with van der Waals surface area (Å²) in [6.45, 7) is 4.14. The molecule has 0 aromatic carbocycles. The van der Waals surface area contributed by atoms with Crippen LogP contribution in [0.15, 0.2) is 22.9 Å². The molecule has 0 aliphatic rings. The SMILES string of the molecule is CCC(CC)n1cc(C=O)c(-c2cc(C(=O)OC)co2)n1. The van der Waals surface area contributed by atoms with E-state index in [1.54, 1.807) is 10.9 Å². The summed E-state index contributed by atoms with van der Waals surface area (Å²) in [7, 11) is 1.30. The van der Waals surface area contributed by atoms with Gasteiger partial charge < -0.3 is 9.15 Å². The van der Waals surface area contributed by atoms with Crippen molar-refractivity contribution in [2.24, 2.45) is 0 Å². The molecule has 21 heavy (non-hydrogen) atoms. The van der Waals surface area contributed by atoms with Crippen LogP contribution in [0.1, 0.15) is 53.4 Å². The van der Waals surface area contributed by atoms with Crippen LogP contribution < -0.4 is 0 Å². The van der Waals surface area contributed by atoms with Crippen molar-refractivity contribution in [2.45, 2.75) is 32.7 Å². The van der Waals surface area contributed by atoms with Crippen molar-refractivity contribution in [1.29, 1.82) is 0 Å². The predicted molar refractivity (Wildman–Crippen MR) is 76.3 cm³/mol. The summed E-state index contributed by atoms with van der Waals surface area (Å²) in [5, 5.41) is 4.43. The quantitative estimate of drug-likeness (QED) is 0.603. The molecule has 0 fully saturated rings. The molecule has 2 aromatic heterocycles. The van der Waals surface area contributed by atoms with Crippen LogP contribution in [0.3, 0.4) is 0 Å². The third kappa shape index (κ3) is 2.89. The summed E-state index contributed by atoms with van der Waals surface area (Å²) < 4.78 is 11.7. The lowest BCUT2D eigenvalue weighted by atomic mass is 10.2. The Morgan fingerprint density at radius 1 is 1.48 bits per heavy atom. The number of aldehydes is 1. The first-order valence-corrected chi connectivity index (χ1v) is 6.86. The molecule has 2 heterocycles. The van der Waals surface area contributed by atoms with Gasteiger partial charge in [-0.2, -0.15) is 5.10 Å². The van der Waals surface area contributed by atoms with E-state index in [2.05, 4.69) is 23.7 Å². The normalized spacial score (nSPS) is 10.9. The monoisotopic (exact) mass is 290 g/mol. The van der Waals surface area contributed by atoms with Crippen LogP contribution in [0.25, 0.3) is 11.5 Å². The summed E-state index contributed by atoms with van der Waals surface area (Å²) in [5.41, 5.74) is 1.17. The van der Waals surface area contributed by atoms with Gasteiger partial charge in [-0.1, -0.05) is 13.8 Å². The number of hydrogen-bond donors (Lipinski definition) is 0. The molecular weight excluding hydrogens is 272 g/mol. The average molecular weight is 290 g/mol. The zero-order chi connectivity index (χ0) is 15.4. The lowest BCUT2D eigenvalue weighted by Crippen LogP contribution is -2.07. The standard InChI is InChI=1S/C15H18N2O4/c1-4-12(5-2)17-7-11(8-18)14(16-17)13-6-10(9-21-13)15(19)20-3/h6-9,12H,4-5H2,1-3H3. The van der Waals surface area contributed by atoms with Gasteiger partial charge in [0, 0.05) is 12.3 Å². The molecule has 0 spiro atoms. The molecule has 0 atom stereocenters. The lowest BCUT2D eigenvalue weighted by molar-refractivity contribution is 0.0600. The van der Waals surface area contributed by atoms with Crippen molar-refractivity contribution < 1.29 is 18.7 Å². The first kappa shape index (κ1) is 15.0. The average Bonchev–Trinajstić information content (AvgIpc) is 3.14. The van der Waals surface area contributed by atoms with Gasteiger partial charge in [-0.3, -0.25) is 9.48 Å². The van der Waals surface area contributed by atoms with Crippen molar-refractivity contribution in [2.75, 3.05) is 7.11 Å². The smallest absolute Gasteiger partial charge is 0.341 e. The maximum Gasteiger partial charge on any atom is 0.341 e. The second-order valence-electron chi connectivity index (χ2n) is 4.69. The molecule has 0 saturated heterocycles. The highest BCUT2D eigenvalue weighted by Crippen LogP contribution is 2.26. The third-order valence-electron chi connectivity index (χ3n) is 3.46. The Morgan fingerprint density at radius 2 is 2.19 bits per heavy atom. The zero-order valence-electron chi connectivity index (χ0n) is 12.3. The summed E-state index contributed by atoms with van der Waals surface area (Å²) in [6.07, 6.45) is 5.58. The first-order valence-electron chi connectivity index (χ1n) is 6.86. The van der Waals surface area contributed by atoms with Gasteiger partial charge in [0.1, 0.15) is 12.0 Å². The number of furan rings is 1. The third-order valence-corrected chi connectivity index (χ3v) is 3.46. The van der Waals surface area contributed by atoms with Gasteiger partial charge in [-0.05, 0) is 12.8 Å². The van der Waals surface area contributed by atoms with Crippen molar-refractivity contribution in [1.82, 2.24) is 9.78 Å². The molecule has 0 unspecified atom stereocenters. The van der Waals surface area contributed by atoms with Crippen LogP contribution in [-0.2, 0) is 4.74 Å². The molecule has 0 amide bonds. The Bertz CT molecular complexity index is 638. The van der Waals surface area contributed by atoms with Crippen LogP contribution in [0.4, 0.5) is 0 Å². The minimum atomic E-state index is -0.489. The molecule has 112 valence electrons. The van der Waals surface area contributed by atoms with Crippen molar-refractivity contribution >= 4 is 12.3 Å². The largest absolute Gasteiger partial charge is 0.465 e. The van der Waals surface area contributed by atoms with Crippen molar-refractivity contribution in [3.05, 3.63) is 29.7 Å². The van der Waals surface area contributed by atoms with Crippen molar-refractivity contribution in [3.8, 4) is 11.5 Å². The van der Waals surface area contributed by atoms with Crippen LogP contribution in [0.5, 0.6) is 0 Å². The molecular formula is C15H18N2O4. The molecule has 0 aliphatic carbocycles. The molecule has 2 aromatic rings. The van der Waals surface area contributed by atoms with Crippen LogP contribution in [0, 0.1) is 0 Å². The molecule has 0 aliphatic heterocycles. The van der Waals surface area contributed by atoms with E-state index in [1.165, 1.54) is 19.4 Å². The summed E-state index contributed by atoms with van der Waals surface area (Å²) in [4.78, 5) is 22.7. The van der Waals surface area contributed by atoms with E-state index < -0.39 is 5.97 Å². The highest BCUT2D eigenvalue weighted by atomic mass is 16.5. The number of nitrogens with zero attached hydrogens (tertiary/aromatic N) is 2. The maximum atomic E-state index is 11.4. The number of aromatic nitrogens is 2. The molecule has 0 radical (unpaired) electrons. The number of rotatable bonds is 6. The Labute approximate surface area is 122 Å². The minimum absolute atomic E-state index is 0.229. The van der Waals surface area contributed by atoms with Gasteiger partial charge >= 0.3 is 5.97 Å². The van der Waals surface area contributed by atoms with E-state index in [-0.39, 0.29) is 6.04 Å². The van der Waals surface area contributed by atoms with Gasteiger partial charge in [-0.15, -0.1) is 0 Å². The number of esters is 1. The van der Waals surface area contributed by atoms with Gasteiger partial charge in [-0.25, -0.2) is 4.79 Å². The highest BCUT2D eigenvalue weighted by Gasteiger charge is 2.19. The minimum Gasteiger partial charge on any atom is -0.465 e. The highest BCUT2D eigenvalue weighted by molar-refractivity contribution is 5.91. The number of ether oxygens (including phenoxy) is 1. The topological polar surface area (TPSA) is 74.3 Å².